The normalized spacial score (nSPS) is 14.9. The summed E-state index contributed by atoms with van der Waals surface area (Å²) >= 11 is 0. The first-order chi connectivity index (χ1) is 5.56. The zero-order valence-corrected chi connectivity index (χ0v) is 8.08. The smallest absolute Gasteiger partial charge is 0.145 e. The summed E-state index contributed by atoms with van der Waals surface area (Å²) in [6.07, 6.45) is 3.69. The van der Waals surface area contributed by atoms with Crippen LogP contribution >= 0.6 is 0 Å². The van der Waals surface area contributed by atoms with Crippen molar-refractivity contribution < 1.29 is 9.90 Å². The predicted molar refractivity (Wildman–Crippen MR) is 49.9 cm³/mol. The highest BCUT2D eigenvalue weighted by molar-refractivity contribution is 5.73. The molecule has 0 fully saturated rings. The number of allylic oxidation sites excluding steroid dienone is 1. The van der Waals surface area contributed by atoms with Crippen molar-refractivity contribution in [2.75, 3.05) is 0 Å². The third-order valence-corrected chi connectivity index (χ3v) is 1.62. The summed E-state index contributed by atoms with van der Waals surface area (Å²) in [4.78, 5) is 10.5. The van der Waals surface area contributed by atoms with Crippen LogP contribution in [0.1, 0.15) is 33.6 Å². The van der Waals surface area contributed by atoms with Crippen molar-refractivity contribution in [1.29, 1.82) is 0 Å². The average molecular weight is 170 g/mol. The molecular weight excluding hydrogens is 152 g/mol. The molecule has 0 bridgehead atoms. The molecule has 1 N–H and O–H groups in total. The number of aliphatic hydroxyl groups is 1. The van der Waals surface area contributed by atoms with Crippen LogP contribution in [0.25, 0.3) is 0 Å². The number of hydrogen-bond acceptors (Lipinski definition) is 2. The van der Waals surface area contributed by atoms with Crippen LogP contribution < -0.4 is 0 Å². The van der Waals surface area contributed by atoms with Crippen molar-refractivity contribution in [3.8, 4) is 0 Å². The van der Waals surface area contributed by atoms with Crippen molar-refractivity contribution in [2.24, 2.45) is 5.92 Å². The summed E-state index contributed by atoms with van der Waals surface area (Å²) in [6.45, 7) is 5.88. The molecule has 0 saturated carbocycles. The highest BCUT2D eigenvalue weighted by atomic mass is 16.3. The van der Waals surface area contributed by atoms with Crippen LogP contribution in [0.15, 0.2) is 11.6 Å². The monoisotopic (exact) mass is 170 g/mol. The van der Waals surface area contributed by atoms with E-state index in [-0.39, 0.29) is 0 Å². The van der Waals surface area contributed by atoms with E-state index in [9.17, 15) is 4.79 Å². The summed E-state index contributed by atoms with van der Waals surface area (Å²) in [5, 5.41) is 8.98. The fourth-order valence-corrected chi connectivity index (χ4v) is 0.947. The Kier molecular flexibility index (Phi) is 5.64. The average Bonchev–Trinajstić information content (AvgIpc) is 1.97. The van der Waals surface area contributed by atoms with Gasteiger partial charge in [0.05, 0.1) is 6.10 Å². The lowest BCUT2D eigenvalue weighted by atomic mass is 10.0. The molecular formula is C10H18O2. The van der Waals surface area contributed by atoms with Crippen molar-refractivity contribution in [3.05, 3.63) is 11.6 Å². The summed E-state index contributed by atoms with van der Waals surface area (Å²) in [6, 6.07) is 0. The standard InChI is InChI=1S/C10H18O2/c1-8(2)4-5-10(7-11)6-9(3)12/h6-9,12H,4-5H2,1-3H3/b10-6+. The number of rotatable bonds is 5. The van der Waals surface area contributed by atoms with E-state index in [1.807, 2.05) is 0 Å². The number of hydrogen-bond donors (Lipinski definition) is 1. The van der Waals surface area contributed by atoms with Crippen LogP contribution in [0.4, 0.5) is 0 Å². The zero-order chi connectivity index (χ0) is 9.56. The molecule has 0 aromatic heterocycles. The molecule has 2 nitrogen and oxygen atoms in total. The van der Waals surface area contributed by atoms with Crippen molar-refractivity contribution in [2.45, 2.75) is 39.7 Å². The minimum atomic E-state index is -0.516. The molecule has 0 aliphatic carbocycles. The second-order valence-corrected chi connectivity index (χ2v) is 3.53. The lowest BCUT2D eigenvalue weighted by Crippen LogP contribution is -1.98. The summed E-state index contributed by atoms with van der Waals surface area (Å²) in [5.41, 5.74) is 0.707. The Balaban J connectivity index is 3.91. The van der Waals surface area contributed by atoms with Crippen LogP contribution in [0.2, 0.25) is 0 Å². The van der Waals surface area contributed by atoms with Gasteiger partial charge in [-0.1, -0.05) is 19.9 Å². The molecule has 0 radical (unpaired) electrons. The molecule has 0 aromatic carbocycles. The van der Waals surface area contributed by atoms with Gasteiger partial charge in [-0.2, -0.15) is 0 Å². The molecule has 0 aliphatic heterocycles. The lowest BCUT2D eigenvalue weighted by molar-refractivity contribution is -0.105. The van der Waals surface area contributed by atoms with Gasteiger partial charge in [-0.05, 0) is 31.3 Å². The molecule has 0 saturated heterocycles. The van der Waals surface area contributed by atoms with Crippen LogP contribution in [-0.2, 0) is 4.79 Å². The van der Waals surface area contributed by atoms with E-state index in [1.54, 1.807) is 13.0 Å². The van der Waals surface area contributed by atoms with Gasteiger partial charge in [-0.15, -0.1) is 0 Å². The van der Waals surface area contributed by atoms with Gasteiger partial charge in [-0.25, -0.2) is 0 Å². The lowest BCUT2D eigenvalue weighted by Gasteiger charge is -2.04. The molecule has 12 heavy (non-hydrogen) atoms. The van der Waals surface area contributed by atoms with Gasteiger partial charge in [0.2, 0.25) is 0 Å². The third-order valence-electron chi connectivity index (χ3n) is 1.62. The maximum Gasteiger partial charge on any atom is 0.145 e. The Morgan fingerprint density at radius 3 is 2.33 bits per heavy atom. The van der Waals surface area contributed by atoms with Gasteiger partial charge in [0.1, 0.15) is 6.29 Å². The molecule has 0 heterocycles. The second-order valence-electron chi connectivity index (χ2n) is 3.53. The number of carbonyl (C=O) groups is 1. The molecule has 0 aliphatic rings. The Bertz CT molecular complexity index is 157. The van der Waals surface area contributed by atoms with Gasteiger partial charge >= 0.3 is 0 Å². The van der Waals surface area contributed by atoms with Crippen LogP contribution in [0.3, 0.4) is 0 Å². The minimum Gasteiger partial charge on any atom is -0.389 e. The summed E-state index contributed by atoms with van der Waals surface area (Å²) in [5.74, 6) is 0.599. The Morgan fingerprint density at radius 1 is 1.42 bits per heavy atom. The second kappa shape index (κ2) is 5.95. The van der Waals surface area contributed by atoms with Crippen LogP contribution in [0.5, 0.6) is 0 Å². The maximum absolute atomic E-state index is 10.5. The van der Waals surface area contributed by atoms with Crippen LogP contribution in [-0.4, -0.2) is 17.5 Å². The van der Waals surface area contributed by atoms with E-state index in [1.165, 1.54) is 0 Å². The van der Waals surface area contributed by atoms with E-state index in [4.69, 9.17) is 5.11 Å². The van der Waals surface area contributed by atoms with E-state index < -0.39 is 6.10 Å². The Labute approximate surface area is 74.3 Å². The first-order valence-corrected chi connectivity index (χ1v) is 4.40. The molecule has 1 unspecified atom stereocenters. The van der Waals surface area contributed by atoms with Crippen molar-refractivity contribution in [1.82, 2.24) is 0 Å². The summed E-state index contributed by atoms with van der Waals surface area (Å²) < 4.78 is 0. The highest BCUT2D eigenvalue weighted by Crippen LogP contribution is 2.10. The Morgan fingerprint density at radius 2 is 2.00 bits per heavy atom. The number of aldehydes is 1. The van der Waals surface area contributed by atoms with Gasteiger partial charge < -0.3 is 5.11 Å². The summed E-state index contributed by atoms with van der Waals surface area (Å²) in [7, 11) is 0. The topological polar surface area (TPSA) is 37.3 Å². The fraction of sp³-hybridized carbons (Fsp3) is 0.700. The zero-order valence-electron chi connectivity index (χ0n) is 8.08. The highest BCUT2D eigenvalue weighted by Gasteiger charge is 2.00. The van der Waals surface area contributed by atoms with E-state index >= 15 is 0 Å². The Hall–Kier alpha value is -0.630. The largest absolute Gasteiger partial charge is 0.389 e. The molecule has 0 spiro atoms. The molecule has 0 rings (SSSR count). The third kappa shape index (κ3) is 6.10. The van der Waals surface area contributed by atoms with E-state index in [0.717, 1.165) is 19.1 Å². The van der Waals surface area contributed by atoms with Gasteiger partial charge in [0, 0.05) is 0 Å². The first-order valence-electron chi connectivity index (χ1n) is 4.40. The predicted octanol–water partition coefficient (Wildman–Crippen LogP) is 1.93. The van der Waals surface area contributed by atoms with E-state index in [0.29, 0.717) is 11.5 Å². The SMILES string of the molecule is CC(O)/C=C(/C=O)CCC(C)C. The fourth-order valence-electron chi connectivity index (χ4n) is 0.947. The van der Waals surface area contributed by atoms with Crippen LogP contribution in [0, 0.1) is 5.92 Å². The quantitative estimate of drug-likeness (QED) is 0.505. The number of carbonyl (C=O) groups excluding carboxylic acids is 1. The van der Waals surface area contributed by atoms with E-state index in [2.05, 4.69) is 13.8 Å². The van der Waals surface area contributed by atoms with Gasteiger partial charge in [0.25, 0.3) is 0 Å². The van der Waals surface area contributed by atoms with Gasteiger partial charge in [0.15, 0.2) is 0 Å². The first kappa shape index (κ1) is 11.4. The maximum atomic E-state index is 10.5. The molecule has 0 amide bonds. The van der Waals surface area contributed by atoms with Crippen molar-refractivity contribution >= 4 is 6.29 Å². The molecule has 70 valence electrons. The minimum absolute atomic E-state index is 0.516. The van der Waals surface area contributed by atoms with Crippen molar-refractivity contribution in [3.63, 3.8) is 0 Å². The molecule has 0 aromatic rings. The van der Waals surface area contributed by atoms with Gasteiger partial charge in [-0.3, -0.25) is 4.79 Å². The number of aliphatic hydroxyl groups excluding tert-OH is 1. The molecule has 2 heteroatoms. The molecule has 1 atom stereocenters.